The number of anilines is 1. The Hall–Kier alpha value is -1.13. The molecular weight excluding hydrogens is 216 g/mol. The third kappa shape index (κ3) is 2.76. The van der Waals surface area contributed by atoms with Crippen LogP contribution >= 0.6 is 0 Å². The molecule has 3 unspecified atom stereocenters. The van der Waals surface area contributed by atoms with Crippen molar-refractivity contribution in [2.45, 2.75) is 32.5 Å². The van der Waals surface area contributed by atoms with Gasteiger partial charge < -0.3 is 15.1 Å². The van der Waals surface area contributed by atoms with E-state index in [1.165, 1.54) is 0 Å². The number of piperidine rings is 1. The molecule has 0 bridgehead atoms. The van der Waals surface area contributed by atoms with Gasteiger partial charge in [0.1, 0.15) is 0 Å². The predicted molar refractivity (Wildman–Crippen MR) is 66.9 cm³/mol. The largest absolute Gasteiger partial charge is 0.391 e. The van der Waals surface area contributed by atoms with Gasteiger partial charge in [0.25, 0.3) is 0 Å². The van der Waals surface area contributed by atoms with E-state index < -0.39 is 6.10 Å². The molecule has 1 aromatic heterocycles. The maximum absolute atomic E-state index is 9.85. The summed E-state index contributed by atoms with van der Waals surface area (Å²) in [5.41, 5.74) is 1.69. The zero-order chi connectivity index (χ0) is 12.4. The molecule has 3 atom stereocenters. The van der Waals surface area contributed by atoms with Gasteiger partial charge in [-0.15, -0.1) is 0 Å². The highest BCUT2D eigenvalue weighted by molar-refractivity contribution is 5.45. The van der Waals surface area contributed by atoms with Crippen LogP contribution in [0.4, 0.5) is 5.69 Å². The molecule has 0 spiro atoms. The summed E-state index contributed by atoms with van der Waals surface area (Å²) >= 11 is 0. The number of aliphatic hydroxyl groups is 2. The van der Waals surface area contributed by atoms with Crippen molar-refractivity contribution >= 4 is 5.69 Å². The molecule has 2 heterocycles. The fourth-order valence-electron chi connectivity index (χ4n) is 2.12. The molecule has 0 radical (unpaired) electrons. The monoisotopic (exact) mass is 236 g/mol. The van der Waals surface area contributed by atoms with E-state index >= 15 is 0 Å². The molecule has 17 heavy (non-hydrogen) atoms. The Labute approximate surface area is 102 Å². The van der Waals surface area contributed by atoms with E-state index in [0.29, 0.717) is 18.2 Å². The summed E-state index contributed by atoms with van der Waals surface area (Å²) in [5.74, 6) is 0.371. The Bertz CT molecular complexity index is 364. The Morgan fingerprint density at radius 1 is 1.47 bits per heavy atom. The molecule has 1 aliphatic heterocycles. The molecule has 0 aliphatic carbocycles. The third-order valence-corrected chi connectivity index (χ3v) is 3.48. The van der Waals surface area contributed by atoms with Crippen molar-refractivity contribution in [2.24, 2.45) is 5.92 Å². The number of β-amino-alcohol motifs (C(OH)–C–C–N with tert-alkyl or cyclic N) is 1. The fourth-order valence-corrected chi connectivity index (χ4v) is 2.12. The van der Waals surface area contributed by atoms with Crippen LogP contribution in [0, 0.1) is 5.92 Å². The molecule has 2 rings (SSSR count). The Kier molecular flexibility index (Phi) is 3.64. The molecule has 4 heteroatoms. The lowest BCUT2D eigenvalue weighted by Crippen LogP contribution is -2.42. The van der Waals surface area contributed by atoms with Crippen molar-refractivity contribution < 1.29 is 10.2 Å². The van der Waals surface area contributed by atoms with Crippen LogP contribution in [0.3, 0.4) is 0 Å². The second kappa shape index (κ2) is 5.02. The van der Waals surface area contributed by atoms with Crippen molar-refractivity contribution in [1.82, 2.24) is 4.98 Å². The van der Waals surface area contributed by atoms with Gasteiger partial charge in [-0.05, 0) is 31.4 Å². The summed E-state index contributed by atoms with van der Waals surface area (Å²) in [6.07, 6.45) is 1.97. The van der Waals surface area contributed by atoms with E-state index in [-0.39, 0.29) is 6.10 Å². The first-order valence-corrected chi connectivity index (χ1v) is 6.15. The van der Waals surface area contributed by atoms with Crippen LogP contribution in [0.5, 0.6) is 0 Å². The van der Waals surface area contributed by atoms with Crippen molar-refractivity contribution in [3.8, 4) is 0 Å². The molecular formula is C13H20N2O2. The first kappa shape index (κ1) is 12.3. The molecule has 1 aliphatic rings. The van der Waals surface area contributed by atoms with Gasteiger partial charge in [-0.3, -0.25) is 4.98 Å². The van der Waals surface area contributed by atoms with Crippen molar-refractivity contribution in [3.63, 3.8) is 0 Å². The average molecular weight is 236 g/mol. The van der Waals surface area contributed by atoms with E-state index in [1.807, 2.05) is 12.1 Å². The van der Waals surface area contributed by atoms with Gasteiger partial charge in [0.15, 0.2) is 0 Å². The second-order valence-electron chi connectivity index (χ2n) is 4.90. The van der Waals surface area contributed by atoms with Crippen molar-refractivity contribution in [2.75, 3.05) is 18.0 Å². The Balaban J connectivity index is 2.07. The van der Waals surface area contributed by atoms with Gasteiger partial charge >= 0.3 is 0 Å². The minimum absolute atomic E-state index is 0.264. The van der Waals surface area contributed by atoms with Crippen LogP contribution in [0.15, 0.2) is 18.3 Å². The van der Waals surface area contributed by atoms with E-state index in [4.69, 9.17) is 0 Å². The highest BCUT2D eigenvalue weighted by atomic mass is 16.3. The third-order valence-electron chi connectivity index (χ3n) is 3.48. The minimum atomic E-state index is -0.531. The van der Waals surface area contributed by atoms with Crippen LogP contribution in [0.25, 0.3) is 0 Å². The lowest BCUT2D eigenvalue weighted by Gasteiger charge is -2.35. The Morgan fingerprint density at radius 3 is 2.76 bits per heavy atom. The van der Waals surface area contributed by atoms with Crippen LogP contribution in [-0.4, -0.2) is 34.4 Å². The van der Waals surface area contributed by atoms with E-state index in [2.05, 4.69) is 16.8 Å². The zero-order valence-corrected chi connectivity index (χ0v) is 10.4. The number of nitrogens with zero attached hydrogens (tertiary/aromatic N) is 2. The quantitative estimate of drug-likeness (QED) is 0.813. The molecule has 4 nitrogen and oxygen atoms in total. The molecule has 0 aromatic carbocycles. The maximum atomic E-state index is 9.85. The first-order chi connectivity index (χ1) is 8.08. The van der Waals surface area contributed by atoms with E-state index in [1.54, 1.807) is 13.1 Å². The van der Waals surface area contributed by atoms with E-state index in [9.17, 15) is 10.2 Å². The molecule has 0 saturated carbocycles. The smallest absolute Gasteiger partial charge is 0.0931 e. The predicted octanol–water partition coefficient (Wildman–Crippen LogP) is 1.34. The summed E-state index contributed by atoms with van der Waals surface area (Å²) < 4.78 is 0. The highest BCUT2D eigenvalue weighted by Crippen LogP contribution is 2.23. The van der Waals surface area contributed by atoms with Crippen LogP contribution < -0.4 is 4.90 Å². The standard InChI is InChI=1S/C13H20N2O2/c1-9-5-6-15(8-13(9)17)11-3-4-12(10(2)16)14-7-11/h3-4,7,9-10,13,16-17H,5-6,8H2,1-2H3. The zero-order valence-electron chi connectivity index (χ0n) is 10.4. The van der Waals surface area contributed by atoms with Crippen LogP contribution in [-0.2, 0) is 0 Å². The summed E-state index contributed by atoms with van der Waals surface area (Å²) in [7, 11) is 0. The van der Waals surface area contributed by atoms with Gasteiger partial charge in [0.05, 0.1) is 29.8 Å². The molecule has 0 amide bonds. The summed E-state index contributed by atoms with van der Waals surface area (Å²) in [4.78, 5) is 6.37. The number of hydrogen-bond acceptors (Lipinski definition) is 4. The van der Waals surface area contributed by atoms with Gasteiger partial charge in [-0.1, -0.05) is 6.92 Å². The minimum Gasteiger partial charge on any atom is -0.391 e. The van der Waals surface area contributed by atoms with Gasteiger partial charge in [-0.25, -0.2) is 0 Å². The molecule has 1 fully saturated rings. The number of hydrogen-bond donors (Lipinski definition) is 2. The van der Waals surface area contributed by atoms with Gasteiger partial charge in [0, 0.05) is 13.1 Å². The fraction of sp³-hybridized carbons (Fsp3) is 0.615. The lowest BCUT2D eigenvalue weighted by atomic mass is 9.96. The van der Waals surface area contributed by atoms with Crippen molar-refractivity contribution in [1.29, 1.82) is 0 Å². The summed E-state index contributed by atoms with van der Waals surface area (Å²) in [6, 6.07) is 3.79. The average Bonchev–Trinajstić information content (AvgIpc) is 2.33. The molecule has 2 N–H and O–H groups in total. The van der Waals surface area contributed by atoms with Gasteiger partial charge in [-0.2, -0.15) is 0 Å². The summed E-state index contributed by atoms with van der Waals surface area (Å²) in [5, 5.41) is 19.2. The van der Waals surface area contributed by atoms with Crippen LogP contribution in [0.1, 0.15) is 32.1 Å². The number of aliphatic hydroxyl groups excluding tert-OH is 2. The second-order valence-corrected chi connectivity index (χ2v) is 4.90. The maximum Gasteiger partial charge on any atom is 0.0931 e. The van der Waals surface area contributed by atoms with Crippen LogP contribution in [0.2, 0.25) is 0 Å². The number of pyridine rings is 1. The molecule has 1 saturated heterocycles. The normalized spacial score (nSPS) is 26.9. The molecule has 1 aromatic rings. The van der Waals surface area contributed by atoms with Crippen molar-refractivity contribution in [3.05, 3.63) is 24.0 Å². The molecule has 94 valence electrons. The topological polar surface area (TPSA) is 56.6 Å². The lowest BCUT2D eigenvalue weighted by molar-refractivity contribution is 0.103. The Morgan fingerprint density at radius 2 is 2.24 bits per heavy atom. The summed E-state index contributed by atoms with van der Waals surface area (Å²) in [6.45, 7) is 5.40. The van der Waals surface area contributed by atoms with Gasteiger partial charge in [0.2, 0.25) is 0 Å². The first-order valence-electron chi connectivity index (χ1n) is 6.15. The van der Waals surface area contributed by atoms with E-state index in [0.717, 1.165) is 18.7 Å². The highest BCUT2D eigenvalue weighted by Gasteiger charge is 2.24. The SMILES string of the molecule is CC(O)c1ccc(N2CCC(C)C(O)C2)cn1. The number of rotatable bonds is 2. The number of aromatic nitrogens is 1.